The summed E-state index contributed by atoms with van der Waals surface area (Å²) in [5, 5.41) is 0. The molecule has 4 aliphatic carbocycles. The fraction of sp³-hybridized carbons (Fsp3) is 1.00. The monoisotopic (exact) mass is 442 g/mol. The maximum atomic E-state index is 7.37. The molecule has 0 spiro atoms. The van der Waals surface area contributed by atoms with Crippen LogP contribution in [0.3, 0.4) is 0 Å². The molecular formula is C30H50O2. The fourth-order valence-corrected chi connectivity index (χ4v) is 9.91. The molecule has 2 aliphatic heterocycles. The van der Waals surface area contributed by atoms with Gasteiger partial charge in [-0.15, -0.1) is 0 Å². The zero-order valence-electron chi connectivity index (χ0n) is 20.8. The maximum absolute atomic E-state index is 7.37. The lowest BCUT2D eigenvalue weighted by Gasteiger charge is -2.50. The third-order valence-corrected chi connectivity index (χ3v) is 11.4. The quantitative estimate of drug-likeness (QED) is 0.434. The summed E-state index contributed by atoms with van der Waals surface area (Å²) in [6, 6.07) is 0. The first-order valence-corrected chi connectivity index (χ1v) is 15.2. The predicted molar refractivity (Wildman–Crippen MR) is 130 cm³/mol. The Hall–Kier alpha value is -0.0800. The van der Waals surface area contributed by atoms with Crippen LogP contribution >= 0.6 is 0 Å². The van der Waals surface area contributed by atoms with E-state index < -0.39 is 0 Å². The van der Waals surface area contributed by atoms with Crippen molar-refractivity contribution in [3.05, 3.63) is 0 Å². The van der Waals surface area contributed by atoms with Crippen molar-refractivity contribution in [1.82, 2.24) is 0 Å². The molecule has 2 nitrogen and oxygen atoms in total. The lowest BCUT2D eigenvalue weighted by Crippen LogP contribution is -2.51. The molecule has 0 aromatic rings. The van der Waals surface area contributed by atoms with Gasteiger partial charge in [0.05, 0.1) is 11.2 Å². The number of hydrogen-bond acceptors (Lipinski definition) is 2. The first-order valence-electron chi connectivity index (χ1n) is 15.2. The second kappa shape index (κ2) is 9.52. The van der Waals surface area contributed by atoms with Gasteiger partial charge in [0, 0.05) is 5.92 Å². The minimum atomic E-state index is 0.128. The zero-order chi connectivity index (χ0) is 21.4. The van der Waals surface area contributed by atoms with Crippen molar-refractivity contribution in [3.63, 3.8) is 0 Å². The largest absolute Gasteiger partial charge is 0.345 e. The molecule has 0 amide bonds. The molecule has 0 N–H and O–H groups in total. The van der Waals surface area contributed by atoms with Crippen molar-refractivity contribution in [2.24, 2.45) is 29.6 Å². The highest BCUT2D eigenvalue weighted by molar-refractivity contribution is 5.09. The van der Waals surface area contributed by atoms with Crippen LogP contribution in [0, 0.1) is 29.6 Å². The fourth-order valence-electron chi connectivity index (χ4n) is 9.91. The van der Waals surface area contributed by atoms with E-state index in [-0.39, 0.29) is 17.5 Å². The average molecular weight is 443 g/mol. The summed E-state index contributed by atoms with van der Waals surface area (Å²) in [5.74, 6) is 3.93. The number of ether oxygens (including phenoxy) is 2. The molecule has 182 valence electrons. The Balaban J connectivity index is 1.25. The van der Waals surface area contributed by atoms with E-state index in [0.29, 0.717) is 5.92 Å². The van der Waals surface area contributed by atoms with Crippen LogP contribution in [0.15, 0.2) is 0 Å². The van der Waals surface area contributed by atoms with Crippen LogP contribution in [0.5, 0.6) is 0 Å². The minimum Gasteiger partial charge on any atom is -0.345 e. The lowest BCUT2D eigenvalue weighted by molar-refractivity contribution is -0.255. The molecule has 0 atom stereocenters. The average Bonchev–Trinajstić information content (AvgIpc) is 3.42. The van der Waals surface area contributed by atoms with Gasteiger partial charge in [0.25, 0.3) is 0 Å². The molecular weight excluding hydrogens is 392 g/mol. The second-order valence-corrected chi connectivity index (χ2v) is 13.0. The van der Waals surface area contributed by atoms with Gasteiger partial charge < -0.3 is 9.47 Å². The van der Waals surface area contributed by atoms with Crippen molar-refractivity contribution in [2.45, 2.75) is 159 Å². The second-order valence-electron chi connectivity index (χ2n) is 13.0. The van der Waals surface area contributed by atoms with E-state index in [2.05, 4.69) is 0 Å². The Morgan fingerprint density at radius 3 is 0.906 bits per heavy atom. The summed E-state index contributed by atoms with van der Waals surface area (Å²) in [4.78, 5) is 0. The molecule has 0 aromatic carbocycles. The molecule has 32 heavy (non-hydrogen) atoms. The molecule has 0 aromatic heterocycles. The van der Waals surface area contributed by atoms with Crippen molar-refractivity contribution in [2.75, 3.05) is 0 Å². The molecule has 6 aliphatic rings. The summed E-state index contributed by atoms with van der Waals surface area (Å²) >= 11 is 0. The minimum absolute atomic E-state index is 0.128. The third-order valence-electron chi connectivity index (χ3n) is 11.4. The lowest BCUT2D eigenvalue weighted by atomic mass is 9.61. The summed E-state index contributed by atoms with van der Waals surface area (Å²) in [7, 11) is 0. The molecule has 0 unspecified atom stereocenters. The number of fused-ring (bicyclic) bond motifs is 1. The van der Waals surface area contributed by atoms with E-state index in [4.69, 9.17) is 9.47 Å². The summed E-state index contributed by atoms with van der Waals surface area (Å²) < 4.78 is 14.7. The van der Waals surface area contributed by atoms with Crippen molar-refractivity contribution >= 4 is 0 Å². The number of hydrogen-bond donors (Lipinski definition) is 0. The topological polar surface area (TPSA) is 18.5 Å². The third kappa shape index (κ3) is 3.92. The van der Waals surface area contributed by atoms with Crippen LogP contribution in [0.25, 0.3) is 0 Å². The van der Waals surface area contributed by atoms with Gasteiger partial charge in [-0.05, 0) is 87.9 Å². The molecule has 6 fully saturated rings. The Kier molecular flexibility index (Phi) is 6.66. The van der Waals surface area contributed by atoms with E-state index in [9.17, 15) is 0 Å². The molecule has 0 bridgehead atoms. The van der Waals surface area contributed by atoms with E-state index in [0.717, 1.165) is 23.7 Å². The van der Waals surface area contributed by atoms with Crippen LogP contribution in [0.1, 0.15) is 141 Å². The van der Waals surface area contributed by atoms with Crippen molar-refractivity contribution < 1.29 is 9.47 Å². The van der Waals surface area contributed by atoms with Gasteiger partial charge in [-0.2, -0.15) is 0 Å². The Labute approximate surface area is 198 Å². The van der Waals surface area contributed by atoms with Crippen LogP contribution < -0.4 is 0 Å². The highest BCUT2D eigenvalue weighted by Gasteiger charge is 2.63. The SMILES string of the molecule is C1CCC(C2(C3CCCCC3)CC3CC(C4CCCCC4)(C4CCCCC4)OC3O2)CC1. The van der Waals surface area contributed by atoms with Gasteiger partial charge in [0.1, 0.15) is 0 Å². The Morgan fingerprint density at radius 2 is 0.656 bits per heavy atom. The molecule has 4 saturated carbocycles. The highest BCUT2D eigenvalue weighted by atomic mass is 16.7. The molecule has 2 heteroatoms. The molecule has 2 saturated heterocycles. The Morgan fingerprint density at radius 1 is 0.375 bits per heavy atom. The van der Waals surface area contributed by atoms with Gasteiger partial charge in [0.2, 0.25) is 0 Å². The van der Waals surface area contributed by atoms with Crippen LogP contribution in [0.4, 0.5) is 0 Å². The zero-order valence-corrected chi connectivity index (χ0v) is 20.8. The van der Waals surface area contributed by atoms with Crippen LogP contribution in [0.2, 0.25) is 0 Å². The van der Waals surface area contributed by atoms with E-state index >= 15 is 0 Å². The summed E-state index contributed by atoms with van der Waals surface area (Å²) in [6.45, 7) is 0. The van der Waals surface area contributed by atoms with Crippen LogP contribution in [-0.4, -0.2) is 17.5 Å². The van der Waals surface area contributed by atoms with Gasteiger partial charge in [-0.1, -0.05) is 77.0 Å². The van der Waals surface area contributed by atoms with Gasteiger partial charge in [-0.25, -0.2) is 0 Å². The molecule has 0 radical (unpaired) electrons. The maximum Gasteiger partial charge on any atom is 0.162 e. The van der Waals surface area contributed by atoms with Crippen LogP contribution in [-0.2, 0) is 9.47 Å². The number of rotatable bonds is 4. The normalized spacial score (nSPS) is 37.5. The smallest absolute Gasteiger partial charge is 0.162 e. The van der Waals surface area contributed by atoms with Crippen molar-refractivity contribution in [3.8, 4) is 0 Å². The summed E-state index contributed by atoms with van der Waals surface area (Å²) in [5.41, 5.74) is 0.336. The highest BCUT2D eigenvalue weighted by Crippen LogP contribution is 2.61. The predicted octanol–water partition coefficient (Wildman–Crippen LogP) is 8.57. The van der Waals surface area contributed by atoms with E-state index in [1.807, 2.05) is 0 Å². The first-order chi connectivity index (χ1) is 15.8. The first kappa shape index (κ1) is 22.4. The van der Waals surface area contributed by atoms with Gasteiger partial charge in [-0.3, -0.25) is 0 Å². The van der Waals surface area contributed by atoms with E-state index in [1.54, 1.807) is 0 Å². The molecule has 2 heterocycles. The summed E-state index contributed by atoms with van der Waals surface area (Å²) in [6.07, 6.45) is 31.5. The van der Waals surface area contributed by atoms with E-state index in [1.165, 1.54) is 141 Å². The van der Waals surface area contributed by atoms with Gasteiger partial charge >= 0.3 is 0 Å². The Bertz CT molecular complexity index is 498. The van der Waals surface area contributed by atoms with Crippen molar-refractivity contribution in [1.29, 1.82) is 0 Å². The molecule has 6 rings (SSSR count). The van der Waals surface area contributed by atoms with Gasteiger partial charge in [0.15, 0.2) is 6.29 Å². The standard InChI is InChI=1S/C30H50O2/c1-5-13-24(14-6-1)29(25-15-7-2-8-16-25)21-23-22-30(32-28(23)31-29,26-17-9-3-10-18-26)27-19-11-4-12-20-27/h23-28H,1-22H2.